The largest absolute Gasteiger partial charge is 0.513 e. The Balaban J connectivity index is 3.08. The highest BCUT2D eigenvalue weighted by Gasteiger charge is 2.36. The minimum absolute atomic E-state index is 0.0630. The second-order valence-electron chi connectivity index (χ2n) is 10.4. The van der Waals surface area contributed by atoms with Gasteiger partial charge in [-0.15, -0.1) is 0 Å². The van der Waals surface area contributed by atoms with Crippen LogP contribution in [0.15, 0.2) is 18.2 Å². The Bertz CT molecular complexity index is 979. The minimum atomic E-state index is -1.61. The summed E-state index contributed by atoms with van der Waals surface area (Å²) in [4.78, 5) is 48.9. The first-order chi connectivity index (χ1) is 18.8. The zero-order valence-corrected chi connectivity index (χ0v) is 24.5. The molecule has 2 N–H and O–H groups in total. The standard InChI is InChI=1S/C28H43NO11/c1-8-20(6)17-38-25(31)35-12-11-28(29,24(30)34-7)14-21-9-10-22(39-26(32)36-15-18(2)3)23(13-21)40-27(33)37-16-19(4)5/h9-10,13,18-20H,8,11-12,14-17,29H2,1-7H3/t20-,28?/m0/s1. The predicted octanol–water partition coefficient (Wildman–Crippen LogP) is 5.03. The summed E-state index contributed by atoms with van der Waals surface area (Å²) in [7, 11) is 1.18. The van der Waals surface area contributed by atoms with Crippen LogP contribution in [0.1, 0.15) is 59.9 Å². The summed E-state index contributed by atoms with van der Waals surface area (Å²) in [5.41, 5.74) is 5.21. The quantitative estimate of drug-likeness (QED) is 0.171. The van der Waals surface area contributed by atoms with E-state index in [1.807, 2.05) is 41.5 Å². The van der Waals surface area contributed by atoms with Crippen LogP contribution in [0, 0.1) is 17.8 Å². The highest BCUT2D eigenvalue weighted by molar-refractivity contribution is 5.81. The van der Waals surface area contributed by atoms with Gasteiger partial charge in [-0.2, -0.15) is 0 Å². The molecule has 0 bridgehead atoms. The Morgan fingerprint density at radius 2 is 1.35 bits per heavy atom. The van der Waals surface area contributed by atoms with Crippen molar-refractivity contribution in [3.8, 4) is 11.5 Å². The molecular formula is C28H43NO11. The van der Waals surface area contributed by atoms with Crippen molar-refractivity contribution in [2.75, 3.05) is 33.5 Å². The molecule has 1 unspecified atom stereocenters. The lowest BCUT2D eigenvalue weighted by Crippen LogP contribution is -2.51. The molecule has 0 spiro atoms. The second-order valence-corrected chi connectivity index (χ2v) is 10.4. The molecule has 0 aliphatic carbocycles. The Labute approximate surface area is 235 Å². The first-order valence-electron chi connectivity index (χ1n) is 13.3. The topological polar surface area (TPSA) is 159 Å². The van der Waals surface area contributed by atoms with Crippen LogP contribution >= 0.6 is 0 Å². The van der Waals surface area contributed by atoms with Crippen molar-refractivity contribution in [3.05, 3.63) is 23.8 Å². The molecule has 0 radical (unpaired) electrons. The number of carbonyl (C=O) groups is 4. The number of ether oxygens (including phenoxy) is 7. The van der Waals surface area contributed by atoms with Crippen molar-refractivity contribution in [1.82, 2.24) is 0 Å². The van der Waals surface area contributed by atoms with Crippen molar-refractivity contribution in [1.29, 1.82) is 0 Å². The predicted molar refractivity (Wildman–Crippen MR) is 144 cm³/mol. The first-order valence-corrected chi connectivity index (χ1v) is 13.3. The van der Waals surface area contributed by atoms with Crippen LogP contribution in [0.4, 0.5) is 14.4 Å². The molecule has 0 aliphatic heterocycles. The average Bonchev–Trinajstić information content (AvgIpc) is 2.90. The monoisotopic (exact) mass is 569 g/mol. The van der Waals surface area contributed by atoms with E-state index in [0.717, 1.165) is 6.42 Å². The molecule has 0 heterocycles. The molecule has 0 amide bonds. The molecule has 0 saturated carbocycles. The maximum Gasteiger partial charge on any atom is 0.513 e. The smallest absolute Gasteiger partial charge is 0.468 e. The average molecular weight is 570 g/mol. The molecule has 0 aliphatic rings. The van der Waals surface area contributed by atoms with Gasteiger partial charge < -0.3 is 38.9 Å². The van der Waals surface area contributed by atoms with E-state index < -0.39 is 30.0 Å². The van der Waals surface area contributed by atoms with Gasteiger partial charge in [0, 0.05) is 12.8 Å². The van der Waals surface area contributed by atoms with E-state index in [9.17, 15) is 19.2 Å². The fourth-order valence-electron chi connectivity index (χ4n) is 3.05. The number of esters is 1. The minimum Gasteiger partial charge on any atom is -0.468 e. The van der Waals surface area contributed by atoms with E-state index in [4.69, 9.17) is 38.9 Å². The van der Waals surface area contributed by atoms with E-state index in [0.29, 0.717) is 5.56 Å². The van der Waals surface area contributed by atoms with Gasteiger partial charge in [-0.25, -0.2) is 14.4 Å². The molecule has 0 fully saturated rings. The maximum atomic E-state index is 12.6. The summed E-state index contributed by atoms with van der Waals surface area (Å²) in [6, 6.07) is 4.29. The van der Waals surface area contributed by atoms with Crippen LogP contribution in [0.25, 0.3) is 0 Å². The van der Waals surface area contributed by atoms with E-state index in [-0.39, 0.29) is 68.5 Å². The molecule has 0 aromatic heterocycles. The Hall–Kier alpha value is -3.54. The Morgan fingerprint density at radius 1 is 0.800 bits per heavy atom. The van der Waals surface area contributed by atoms with Crippen LogP contribution in [0.5, 0.6) is 11.5 Å². The molecule has 2 atom stereocenters. The van der Waals surface area contributed by atoms with Crippen molar-refractivity contribution < 1.29 is 52.3 Å². The summed E-state index contributed by atoms with van der Waals surface area (Å²) in [6.07, 6.45) is -2.21. The number of methoxy groups -OCH3 is 1. The summed E-state index contributed by atoms with van der Waals surface area (Å²) in [6.45, 7) is 11.6. The Morgan fingerprint density at radius 3 is 1.88 bits per heavy atom. The lowest BCUT2D eigenvalue weighted by atomic mass is 9.88. The maximum absolute atomic E-state index is 12.6. The first kappa shape index (κ1) is 34.5. The van der Waals surface area contributed by atoms with Crippen molar-refractivity contribution in [2.24, 2.45) is 23.5 Å². The number of rotatable bonds is 15. The van der Waals surface area contributed by atoms with Crippen molar-refractivity contribution in [3.63, 3.8) is 0 Å². The van der Waals surface area contributed by atoms with E-state index in [1.54, 1.807) is 0 Å². The van der Waals surface area contributed by atoms with Crippen LogP contribution in [0.2, 0.25) is 0 Å². The molecule has 1 aromatic carbocycles. The van der Waals surface area contributed by atoms with E-state index in [2.05, 4.69) is 0 Å². The molecule has 12 heteroatoms. The molecule has 40 heavy (non-hydrogen) atoms. The number of carbonyl (C=O) groups excluding carboxylic acids is 4. The molecule has 1 aromatic rings. The summed E-state index contributed by atoms with van der Waals surface area (Å²) in [5.74, 6) is -0.678. The molecular weight excluding hydrogens is 526 g/mol. The summed E-state index contributed by atoms with van der Waals surface area (Å²) >= 11 is 0. The summed E-state index contributed by atoms with van der Waals surface area (Å²) < 4.78 is 35.6. The number of benzene rings is 1. The van der Waals surface area contributed by atoms with Gasteiger partial charge in [0.1, 0.15) is 5.54 Å². The van der Waals surface area contributed by atoms with Crippen LogP contribution < -0.4 is 15.2 Å². The molecule has 226 valence electrons. The van der Waals surface area contributed by atoms with Gasteiger partial charge in [0.05, 0.1) is 33.5 Å². The Kier molecular flexibility index (Phi) is 14.8. The van der Waals surface area contributed by atoms with Gasteiger partial charge in [0.25, 0.3) is 0 Å². The van der Waals surface area contributed by atoms with Gasteiger partial charge in [-0.3, -0.25) is 4.79 Å². The van der Waals surface area contributed by atoms with Crippen LogP contribution in [0.3, 0.4) is 0 Å². The second kappa shape index (κ2) is 17.2. The molecule has 12 nitrogen and oxygen atoms in total. The van der Waals surface area contributed by atoms with Gasteiger partial charge in [0.15, 0.2) is 11.5 Å². The summed E-state index contributed by atoms with van der Waals surface area (Å²) in [5, 5.41) is 0. The van der Waals surface area contributed by atoms with Gasteiger partial charge in [-0.05, 0) is 35.4 Å². The van der Waals surface area contributed by atoms with Crippen LogP contribution in [-0.4, -0.2) is 63.5 Å². The highest BCUT2D eigenvalue weighted by Crippen LogP contribution is 2.31. The van der Waals surface area contributed by atoms with Gasteiger partial charge in [-0.1, -0.05) is 54.0 Å². The van der Waals surface area contributed by atoms with Crippen molar-refractivity contribution in [2.45, 2.75) is 66.3 Å². The number of hydrogen-bond acceptors (Lipinski definition) is 12. The fourth-order valence-corrected chi connectivity index (χ4v) is 3.05. The third-order valence-electron chi connectivity index (χ3n) is 5.53. The van der Waals surface area contributed by atoms with Crippen LogP contribution in [-0.2, 0) is 34.9 Å². The van der Waals surface area contributed by atoms with Gasteiger partial charge in [0.2, 0.25) is 0 Å². The molecule has 1 rings (SSSR count). The normalized spacial score (nSPS) is 13.2. The third-order valence-corrected chi connectivity index (χ3v) is 5.53. The number of hydrogen-bond donors (Lipinski definition) is 1. The SMILES string of the molecule is CC[C@H](C)COC(=O)OCCC(N)(Cc1ccc(OC(=O)OCC(C)C)c(OC(=O)OCC(C)C)c1)C(=O)OC. The zero-order chi connectivity index (χ0) is 30.3. The lowest BCUT2D eigenvalue weighted by molar-refractivity contribution is -0.147. The lowest BCUT2D eigenvalue weighted by Gasteiger charge is -2.26. The highest BCUT2D eigenvalue weighted by atomic mass is 16.7. The van der Waals surface area contributed by atoms with Gasteiger partial charge >= 0.3 is 24.4 Å². The van der Waals surface area contributed by atoms with E-state index in [1.165, 1.54) is 25.3 Å². The van der Waals surface area contributed by atoms with Crippen molar-refractivity contribution >= 4 is 24.4 Å². The number of nitrogens with two attached hydrogens (primary N) is 1. The fraction of sp³-hybridized carbons (Fsp3) is 0.643. The molecule has 0 saturated heterocycles. The van der Waals surface area contributed by atoms with E-state index >= 15 is 0 Å². The third kappa shape index (κ3) is 13.0. The zero-order valence-electron chi connectivity index (χ0n) is 24.5.